The molecule has 1 atom stereocenters. The van der Waals surface area contributed by atoms with Crippen LogP contribution in [0.1, 0.15) is 31.2 Å². The van der Waals surface area contributed by atoms with E-state index >= 15 is 0 Å². The van der Waals surface area contributed by atoms with Crippen molar-refractivity contribution in [2.24, 2.45) is 11.5 Å². The number of halogens is 1. The molecule has 1 aromatic heterocycles. The number of rotatable bonds is 3. The van der Waals surface area contributed by atoms with Gasteiger partial charge in [0.05, 0.1) is 3.79 Å². The molecule has 0 bridgehead atoms. The smallest absolute Gasteiger partial charge is 0.0701 e. The molecule has 1 aromatic rings. The summed E-state index contributed by atoms with van der Waals surface area (Å²) in [4.78, 5) is 1.19. The minimum atomic E-state index is -0.199. The third-order valence-electron chi connectivity index (χ3n) is 1.71. The molecule has 1 unspecified atom stereocenters. The lowest BCUT2D eigenvalue weighted by Gasteiger charge is -2.22. The molecule has 74 valence electrons. The number of nitrogens with two attached hydrogens (primary N) is 2. The summed E-state index contributed by atoms with van der Waals surface area (Å²) in [5, 5.41) is 0. The van der Waals surface area contributed by atoms with Crippen molar-refractivity contribution in [1.82, 2.24) is 0 Å². The zero-order valence-corrected chi connectivity index (χ0v) is 10.3. The van der Waals surface area contributed by atoms with Gasteiger partial charge in [-0.2, -0.15) is 0 Å². The highest BCUT2D eigenvalue weighted by molar-refractivity contribution is 9.11. The van der Waals surface area contributed by atoms with Gasteiger partial charge in [-0.3, -0.25) is 0 Å². The molecular formula is C9H15BrN2S. The second-order valence-corrected chi connectivity index (χ2v) is 6.44. The van der Waals surface area contributed by atoms with Crippen molar-refractivity contribution in [3.63, 3.8) is 0 Å². The molecule has 0 aliphatic heterocycles. The van der Waals surface area contributed by atoms with Gasteiger partial charge in [-0.15, -0.1) is 11.3 Å². The van der Waals surface area contributed by atoms with Crippen molar-refractivity contribution in [2.75, 3.05) is 0 Å². The lowest BCUT2D eigenvalue weighted by molar-refractivity contribution is 0.432. The van der Waals surface area contributed by atoms with E-state index in [1.54, 1.807) is 11.3 Å². The third kappa shape index (κ3) is 3.77. The van der Waals surface area contributed by atoms with Crippen LogP contribution in [0, 0.1) is 0 Å². The Bertz CT molecular complexity index is 277. The zero-order valence-electron chi connectivity index (χ0n) is 7.88. The summed E-state index contributed by atoms with van der Waals surface area (Å²) in [6.45, 7) is 3.99. The highest BCUT2D eigenvalue weighted by atomic mass is 79.9. The molecular weight excluding hydrogens is 248 g/mol. The Labute approximate surface area is 91.4 Å². The predicted octanol–water partition coefficient (Wildman–Crippen LogP) is 2.64. The Hall–Kier alpha value is 0.1000. The maximum Gasteiger partial charge on any atom is 0.0701 e. The van der Waals surface area contributed by atoms with Gasteiger partial charge in [-0.1, -0.05) is 0 Å². The summed E-state index contributed by atoms with van der Waals surface area (Å²) in [6.07, 6.45) is 0.806. The summed E-state index contributed by atoms with van der Waals surface area (Å²) < 4.78 is 1.12. The van der Waals surface area contributed by atoms with Gasteiger partial charge in [0.15, 0.2) is 0 Å². The molecule has 0 spiro atoms. The van der Waals surface area contributed by atoms with E-state index in [2.05, 4.69) is 15.9 Å². The quantitative estimate of drug-likeness (QED) is 0.880. The highest BCUT2D eigenvalue weighted by Crippen LogP contribution is 2.29. The maximum atomic E-state index is 6.00. The van der Waals surface area contributed by atoms with Crippen LogP contribution >= 0.6 is 27.3 Å². The lowest BCUT2D eigenvalue weighted by atomic mass is 9.96. The summed E-state index contributed by atoms with van der Waals surface area (Å²) in [5.41, 5.74) is 11.7. The SMILES string of the molecule is CC(C)(N)CC(N)c1ccc(Br)s1. The van der Waals surface area contributed by atoms with E-state index in [1.807, 2.05) is 26.0 Å². The van der Waals surface area contributed by atoms with Crippen molar-refractivity contribution in [1.29, 1.82) is 0 Å². The Morgan fingerprint density at radius 2 is 2.15 bits per heavy atom. The van der Waals surface area contributed by atoms with Crippen LogP contribution in [-0.4, -0.2) is 5.54 Å². The Morgan fingerprint density at radius 1 is 1.54 bits per heavy atom. The van der Waals surface area contributed by atoms with Crippen LogP contribution in [0.3, 0.4) is 0 Å². The molecule has 0 radical (unpaired) electrons. The first-order valence-electron chi connectivity index (χ1n) is 4.18. The molecule has 0 saturated heterocycles. The van der Waals surface area contributed by atoms with Gasteiger partial charge in [0.25, 0.3) is 0 Å². The average molecular weight is 263 g/mol. The molecule has 4 N–H and O–H groups in total. The van der Waals surface area contributed by atoms with Crippen molar-refractivity contribution in [2.45, 2.75) is 31.8 Å². The molecule has 0 amide bonds. The third-order valence-corrected chi connectivity index (χ3v) is 3.46. The monoisotopic (exact) mass is 262 g/mol. The standard InChI is InChI=1S/C9H15BrN2S/c1-9(2,12)5-6(11)7-3-4-8(10)13-7/h3-4,6H,5,11-12H2,1-2H3. The highest BCUT2D eigenvalue weighted by Gasteiger charge is 2.18. The molecule has 0 fully saturated rings. The topological polar surface area (TPSA) is 52.0 Å². The van der Waals surface area contributed by atoms with E-state index in [4.69, 9.17) is 11.5 Å². The second-order valence-electron chi connectivity index (χ2n) is 3.94. The van der Waals surface area contributed by atoms with Gasteiger partial charge in [-0.05, 0) is 48.3 Å². The molecule has 0 aliphatic carbocycles. The fourth-order valence-electron chi connectivity index (χ4n) is 1.19. The van der Waals surface area contributed by atoms with E-state index < -0.39 is 0 Å². The number of hydrogen-bond donors (Lipinski definition) is 2. The fraction of sp³-hybridized carbons (Fsp3) is 0.556. The van der Waals surface area contributed by atoms with Crippen LogP contribution in [0.4, 0.5) is 0 Å². The largest absolute Gasteiger partial charge is 0.325 e. The van der Waals surface area contributed by atoms with E-state index in [1.165, 1.54) is 4.88 Å². The van der Waals surface area contributed by atoms with Crippen LogP contribution in [-0.2, 0) is 0 Å². The average Bonchev–Trinajstić information content (AvgIpc) is 2.31. The first kappa shape index (κ1) is 11.2. The second kappa shape index (κ2) is 4.09. The molecule has 0 aliphatic rings. The van der Waals surface area contributed by atoms with E-state index in [9.17, 15) is 0 Å². The van der Waals surface area contributed by atoms with Gasteiger partial charge < -0.3 is 11.5 Å². The van der Waals surface area contributed by atoms with E-state index in [-0.39, 0.29) is 11.6 Å². The summed E-state index contributed by atoms with van der Waals surface area (Å²) in [7, 11) is 0. The predicted molar refractivity (Wildman–Crippen MR) is 61.8 cm³/mol. The maximum absolute atomic E-state index is 6.00. The van der Waals surface area contributed by atoms with Crippen LogP contribution < -0.4 is 11.5 Å². The minimum Gasteiger partial charge on any atom is -0.325 e. The van der Waals surface area contributed by atoms with Crippen molar-refractivity contribution >= 4 is 27.3 Å². The first-order valence-corrected chi connectivity index (χ1v) is 5.79. The van der Waals surface area contributed by atoms with Gasteiger partial charge in [0.1, 0.15) is 0 Å². The van der Waals surface area contributed by atoms with Crippen LogP contribution in [0.2, 0.25) is 0 Å². The molecule has 2 nitrogen and oxygen atoms in total. The molecule has 4 heteroatoms. The van der Waals surface area contributed by atoms with Crippen molar-refractivity contribution in [3.8, 4) is 0 Å². The molecule has 1 heterocycles. The van der Waals surface area contributed by atoms with Crippen LogP contribution in [0.5, 0.6) is 0 Å². The Balaban J connectivity index is 2.64. The molecule has 1 rings (SSSR count). The normalized spacial score (nSPS) is 14.5. The first-order chi connectivity index (χ1) is 5.88. The molecule has 13 heavy (non-hydrogen) atoms. The van der Waals surface area contributed by atoms with Gasteiger partial charge in [0.2, 0.25) is 0 Å². The summed E-state index contributed by atoms with van der Waals surface area (Å²) >= 11 is 5.08. The van der Waals surface area contributed by atoms with Gasteiger partial charge in [0, 0.05) is 16.5 Å². The number of hydrogen-bond acceptors (Lipinski definition) is 3. The zero-order chi connectivity index (χ0) is 10.1. The van der Waals surface area contributed by atoms with Crippen molar-refractivity contribution < 1.29 is 0 Å². The number of thiophene rings is 1. The Morgan fingerprint density at radius 3 is 2.54 bits per heavy atom. The van der Waals surface area contributed by atoms with E-state index in [0.29, 0.717) is 0 Å². The summed E-state index contributed by atoms with van der Waals surface area (Å²) in [5.74, 6) is 0. The summed E-state index contributed by atoms with van der Waals surface area (Å²) in [6, 6.07) is 4.12. The van der Waals surface area contributed by atoms with E-state index in [0.717, 1.165) is 10.2 Å². The Kier molecular flexibility index (Phi) is 3.51. The molecule has 0 aromatic carbocycles. The van der Waals surface area contributed by atoms with Crippen molar-refractivity contribution in [3.05, 3.63) is 20.8 Å². The van der Waals surface area contributed by atoms with Crippen LogP contribution in [0.15, 0.2) is 15.9 Å². The minimum absolute atomic E-state index is 0.0521. The van der Waals surface area contributed by atoms with Gasteiger partial charge >= 0.3 is 0 Å². The fourth-order valence-corrected chi connectivity index (χ4v) is 2.62. The lowest BCUT2D eigenvalue weighted by Crippen LogP contribution is -2.35. The molecule has 0 saturated carbocycles. The van der Waals surface area contributed by atoms with Crippen LogP contribution in [0.25, 0.3) is 0 Å². The van der Waals surface area contributed by atoms with Gasteiger partial charge in [-0.25, -0.2) is 0 Å².